The third kappa shape index (κ3) is 7.03. The van der Waals surface area contributed by atoms with Crippen molar-refractivity contribution in [1.29, 1.82) is 0 Å². The Kier molecular flexibility index (Phi) is 6.64. The Morgan fingerprint density at radius 3 is 1.95 bits per heavy atom. The van der Waals surface area contributed by atoms with Crippen molar-refractivity contribution in [2.75, 3.05) is 6.61 Å². The zero-order valence-corrected chi connectivity index (χ0v) is 14.1. The fourth-order valence-corrected chi connectivity index (χ4v) is 2.10. The van der Waals surface area contributed by atoms with Crippen LogP contribution in [0.5, 0.6) is 0 Å². The maximum absolute atomic E-state index is 11.9. The first-order valence-electron chi connectivity index (χ1n) is 6.58. The van der Waals surface area contributed by atoms with E-state index in [1.165, 1.54) is 0 Å². The first-order chi connectivity index (χ1) is 8.41. The van der Waals surface area contributed by atoms with Crippen LogP contribution in [0.4, 0.5) is 0 Å². The SMILES string of the molecule is CC(C)(C)CC(C)(OC(=O)CCOP=O)C(C)(C)C. The van der Waals surface area contributed by atoms with Gasteiger partial charge < -0.3 is 4.74 Å². The van der Waals surface area contributed by atoms with E-state index in [1.54, 1.807) is 0 Å². The smallest absolute Gasteiger partial charge is 0.327 e. The van der Waals surface area contributed by atoms with Crippen molar-refractivity contribution in [3.05, 3.63) is 0 Å². The van der Waals surface area contributed by atoms with Gasteiger partial charge in [0.15, 0.2) is 0 Å². The first-order valence-corrected chi connectivity index (χ1v) is 7.31. The lowest BCUT2D eigenvalue weighted by molar-refractivity contribution is -0.175. The molecule has 0 N–H and O–H groups in total. The third-order valence-corrected chi connectivity index (χ3v) is 3.53. The van der Waals surface area contributed by atoms with Crippen LogP contribution in [0.15, 0.2) is 0 Å². The van der Waals surface area contributed by atoms with E-state index >= 15 is 0 Å². The molecule has 0 rings (SSSR count). The molecule has 19 heavy (non-hydrogen) atoms. The van der Waals surface area contributed by atoms with Gasteiger partial charge in [0.1, 0.15) is 5.60 Å². The summed E-state index contributed by atoms with van der Waals surface area (Å²) >= 11 is 0. The summed E-state index contributed by atoms with van der Waals surface area (Å²) in [5.41, 5.74) is -0.641. The van der Waals surface area contributed by atoms with Gasteiger partial charge in [-0.2, -0.15) is 0 Å². The van der Waals surface area contributed by atoms with Gasteiger partial charge in [-0.3, -0.25) is 9.32 Å². The second-order valence-electron chi connectivity index (χ2n) is 7.35. The topological polar surface area (TPSA) is 52.6 Å². The van der Waals surface area contributed by atoms with Crippen LogP contribution in [-0.4, -0.2) is 18.2 Å². The summed E-state index contributed by atoms with van der Waals surface area (Å²) in [7, 11) is -0.406. The predicted octanol–water partition coefficient (Wildman–Crippen LogP) is 4.38. The van der Waals surface area contributed by atoms with Crippen LogP contribution >= 0.6 is 8.69 Å². The minimum absolute atomic E-state index is 0.0620. The van der Waals surface area contributed by atoms with Gasteiger partial charge in [-0.1, -0.05) is 41.5 Å². The van der Waals surface area contributed by atoms with Gasteiger partial charge in [-0.05, 0) is 18.8 Å². The fraction of sp³-hybridized carbons (Fsp3) is 0.929. The lowest BCUT2D eigenvalue weighted by Crippen LogP contribution is -2.47. The van der Waals surface area contributed by atoms with Crippen LogP contribution in [0.3, 0.4) is 0 Å². The monoisotopic (exact) mass is 290 g/mol. The molecule has 112 valence electrons. The molecule has 0 aromatic rings. The van der Waals surface area contributed by atoms with Crippen molar-refractivity contribution in [3.8, 4) is 0 Å². The van der Waals surface area contributed by atoms with E-state index in [4.69, 9.17) is 4.74 Å². The molecule has 0 heterocycles. The zero-order valence-electron chi connectivity index (χ0n) is 13.2. The van der Waals surface area contributed by atoms with Crippen molar-refractivity contribution < 1.29 is 18.6 Å². The summed E-state index contributed by atoms with van der Waals surface area (Å²) in [5, 5.41) is 0. The standard InChI is InChI=1S/C14H27O4P/c1-12(2,3)10-14(7,13(4,5)6)18-11(15)8-9-17-19-16/h8-10H2,1-7H3. The molecule has 0 aliphatic carbocycles. The molecule has 0 aromatic carbocycles. The highest BCUT2D eigenvalue weighted by Gasteiger charge is 2.43. The van der Waals surface area contributed by atoms with E-state index < -0.39 is 14.3 Å². The van der Waals surface area contributed by atoms with Crippen LogP contribution in [0.2, 0.25) is 0 Å². The molecule has 0 fully saturated rings. The maximum atomic E-state index is 11.9. The predicted molar refractivity (Wildman–Crippen MR) is 76.2 cm³/mol. The highest BCUT2D eigenvalue weighted by Crippen LogP contribution is 2.42. The van der Waals surface area contributed by atoms with Gasteiger partial charge >= 0.3 is 14.7 Å². The minimum Gasteiger partial charge on any atom is -0.459 e. The molecular formula is C14H27O4P. The second kappa shape index (κ2) is 6.81. The molecular weight excluding hydrogens is 263 g/mol. The molecule has 1 atom stereocenters. The maximum Gasteiger partial charge on any atom is 0.327 e. The molecule has 0 saturated heterocycles. The van der Waals surface area contributed by atoms with Crippen LogP contribution in [0.25, 0.3) is 0 Å². The molecule has 0 aromatic heterocycles. The number of carbonyl (C=O) groups excluding carboxylic acids is 1. The van der Waals surface area contributed by atoms with Gasteiger partial charge in [-0.25, -0.2) is 4.57 Å². The lowest BCUT2D eigenvalue weighted by Gasteiger charge is -2.44. The van der Waals surface area contributed by atoms with Crippen molar-refractivity contribution in [2.24, 2.45) is 10.8 Å². The average Bonchev–Trinajstić information content (AvgIpc) is 2.12. The lowest BCUT2D eigenvalue weighted by atomic mass is 9.69. The highest BCUT2D eigenvalue weighted by atomic mass is 31.1. The van der Waals surface area contributed by atoms with Crippen molar-refractivity contribution >= 4 is 14.7 Å². The molecule has 0 spiro atoms. The Hall–Kier alpha value is -0.470. The van der Waals surface area contributed by atoms with E-state index in [9.17, 15) is 9.36 Å². The molecule has 0 radical (unpaired) electrons. The summed E-state index contributed by atoms with van der Waals surface area (Å²) < 4.78 is 20.5. The number of rotatable bonds is 6. The molecule has 0 saturated carbocycles. The van der Waals surface area contributed by atoms with Gasteiger partial charge in [0.05, 0.1) is 13.0 Å². The van der Waals surface area contributed by atoms with Crippen LogP contribution < -0.4 is 0 Å². The van der Waals surface area contributed by atoms with E-state index in [0.29, 0.717) is 0 Å². The van der Waals surface area contributed by atoms with Crippen LogP contribution in [0, 0.1) is 10.8 Å². The Balaban J connectivity index is 4.79. The Morgan fingerprint density at radius 2 is 1.58 bits per heavy atom. The normalized spacial score (nSPS) is 16.2. The summed E-state index contributed by atoms with van der Waals surface area (Å²) in [6.07, 6.45) is 0.890. The van der Waals surface area contributed by atoms with Crippen LogP contribution in [0.1, 0.15) is 61.3 Å². The summed E-state index contributed by atoms with van der Waals surface area (Å²) in [4.78, 5) is 11.9. The van der Waals surface area contributed by atoms with Gasteiger partial charge in [0.25, 0.3) is 0 Å². The second-order valence-corrected chi connectivity index (χ2v) is 7.76. The largest absolute Gasteiger partial charge is 0.459 e. The van der Waals surface area contributed by atoms with Crippen molar-refractivity contribution in [2.45, 2.75) is 66.9 Å². The summed E-state index contributed by atoms with van der Waals surface area (Å²) in [6, 6.07) is 0. The van der Waals surface area contributed by atoms with Crippen molar-refractivity contribution in [1.82, 2.24) is 0 Å². The number of esters is 1. The molecule has 0 aliphatic rings. The van der Waals surface area contributed by atoms with E-state index in [1.807, 2.05) is 6.92 Å². The minimum atomic E-state index is -0.544. The van der Waals surface area contributed by atoms with Crippen molar-refractivity contribution in [3.63, 3.8) is 0 Å². The van der Waals surface area contributed by atoms with E-state index in [2.05, 4.69) is 46.1 Å². The molecule has 1 unspecified atom stereocenters. The van der Waals surface area contributed by atoms with Gasteiger partial charge in [-0.15, -0.1) is 0 Å². The van der Waals surface area contributed by atoms with E-state index in [0.717, 1.165) is 6.42 Å². The first kappa shape index (κ1) is 18.5. The Labute approximate surface area is 118 Å². The molecule has 0 aliphatic heterocycles. The zero-order chi connectivity index (χ0) is 15.3. The highest BCUT2D eigenvalue weighted by molar-refractivity contribution is 7.17. The van der Waals surface area contributed by atoms with Gasteiger partial charge in [0.2, 0.25) is 0 Å². The quantitative estimate of drug-likeness (QED) is 0.414. The molecule has 0 bridgehead atoms. The number of hydrogen-bond acceptors (Lipinski definition) is 4. The molecule has 5 heteroatoms. The third-order valence-electron chi connectivity index (χ3n) is 3.24. The fourth-order valence-electron chi connectivity index (χ4n) is 1.93. The average molecular weight is 290 g/mol. The Bertz CT molecular complexity index is 314. The molecule has 4 nitrogen and oxygen atoms in total. The van der Waals surface area contributed by atoms with Gasteiger partial charge in [0, 0.05) is 5.41 Å². The Morgan fingerprint density at radius 1 is 1.05 bits per heavy atom. The number of hydrogen-bond donors (Lipinski definition) is 0. The van der Waals surface area contributed by atoms with E-state index in [-0.39, 0.29) is 29.8 Å². The summed E-state index contributed by atoms with van der Waals surface area (Å²) in [5.74, 6) is -0.315. The number of carbonyl (C=O) groups is 1. The summed E-state index contributed by atoms with van der Waals surface area (Å²) in [6.45, 7) is 14.7. The van der Waals surface area contributed by atoms with Crippen LogP contribution in [-0.2, 0) is 18.6 Å². The number of ether oxygens (including phenoxy) is 1. The molecule has 0 amide bonds.